The maximum absolute atomic E-state index is 10.6. The van der Waals surface area contributed by atoms with E-state index in [1.54, 1.807) is 0 Å². The Balaban J connectivity index is 2.50. The third kappa shape index (κ3) is 1.22. The smallest absolute Gasteiger partial charge is 0.352 e. The minimum atomic E-state index is -1.07. The van der Waals surface area contributed by atoms with Crippen molar-refractivity contribution in [2.75, 3.05) is 5.73 Å². The fraction of sp³-hybridized carbons (Fsp3) is 0. The Labute approximate surface area is 78.4 Å². The maximum atomic E-state index is 10.6. The number of aromatic carboxylic acids is 1. The van der Waals surface area contributed by atoms with Crippen LogP contribution >= 0.6 is 0 Å². The van der Waals surface area contributed by atoms with Crippen molar-refractivity contribution in [2.24, 2.45) is 0 Å². The van der Waals surface area contributed by atoms with E-state index in [0.717, 1.165) is 0 Å². The lowest BCUT2D eigenvalue weighted by Crippen LogP contribution is -1.95. The number of aromatic nitrogens is 2. The number of carboxylic acids is 1. The lowest BCUT2D eigenvalue weighted by atomic mass is 10.3. The van der Waals surface area contributed by atoms with Crippen molar-refractivity contribution in [3.63, 3.8) is 0 Å². The molecular weight excluding hydrogens is 186 g/mol. The van der Waals surface area contributed by atoms with Crippen LogP contribution in [0.3, 0.4) is 0 Å². The van der Waals surface area contributed by atoms with E-state index in [4.69, 9.17) is 15.3 Å². The van der Waals surface area contributed by atoms with Crippen LogP contribution in [0.4, 0.5) is 5.69 Å². The summed E-state index contributed by atoms with van der Waals surface area (Å²) in [5, 5.41) is 8.68. The van der Waals surface area contributed by atoms with Gasteiger partial charge in [0, 0.05) is 0 Å². The molecule has 0 aliphatic carbocycles. The number of carbonyl (C=O) groups is 1. The lowest BCUT2D eigenvalue weighted by molar-refractivity contribution is 0.0691. The van der Waals surface area contributed by atoms with Crippen LogP contribution in [-0.4, -0.2) is 21.0 Å². The molecule has 0 spiro atoms. The molecule has 6 heteroatoms. The molecule has 0 unspecified atom stereocenters. The fourth-order valence-corrected chi connectivity index (χ4v) is 1.11. The van der Waals surface area contributed by atoms with E-state index < -0.39 is 5.97 Å². The summed E-state index contributed by atoms with van der Waals surface area (Å²) in [6.45, 7) is 0. The highest BCUT2D eigenvalue weighted by atomic mass is 16.4. The monoisotopic (exact) mass is 193 g/mol. The molecule has 2 heterocycles. The Morgan fingerprint density at radius 2 is 2.43 bits per heavy atom. The van der Waals surface area contributed by atoms with Crippen molar-refractivity contribution < 1.29 is 14.3 Å². The summed E-state index contributed by atoms with van der Waals surface area (Å²) in [6, 6.07) is 1.32. The largest absolute Gasteiger partial charge is 0.477 e. The van der Waals surface area contributed by atoms with Crippen molar-refractivity contribution in [1.82, 2.24) is 9.97 Å². The SMILES string of the molecule is Nc1cc(C(=O)O)[nH]c1-c1ncco1. The van der Waals surface area contributed by atoms with E-state index in [1.165, 1.54) is 18.5 Å². The van der Waals surface area contributed by atoms with Gasteiger partial charge in [0.1, 0.15) is 17.7 Å². The number of aromatic amines is 1. The summed E-state index contributed by atoms with van der Waals surface area (Å²) in [6.07, 6.45) is 2.84. The van der Waals surface area contributed by atoms with Gasteiger partial charge in [-0.25, -0.2) is 9.78 Å². The first kappa shape index (κ1) is 8.36. The minimum Gasteiger partial charge on any atom is -0.477 e. The number of hydrogen-bond acceptors (Lipinski definition) is 4. The Hall–Kier alpha value is -2.24. The van der Waals surface area contributed by atoms with E-state index >= 15 is 0 Å². The molecule has 0 saturated heterocycles. The van der Waals surface area contributed by atoms with E-state index in [2.05, 4.69) is 9.97 Å². The maximum Gasteiger partial charge on any atom is 0.352 e. The molecule has 0 radical (unpaired) electrons. The average Bonchev–Trinajstić information content (AvgIpc) is 2.71. The fourth-order valence-electron chi connectivity index (χ4n) is 1.11. The van der Waals surface area contributed by atoms with Crippen LogP contribution in [0.15, 0.2) is 22.9 Å². The second-order valence-corrected chi connectivity index (χ2v) is 2.66. The normalized spacial score (nSPS) is 10.3. The predicted octanol–water partition coefficient (Wildman–Crippen LogP) is 0.950. The molecule has 0 saturated carbocycles. The number of rotatable bonds is 2. The molecule has 0 bridgehead atoms. The molecule has 6 nitrogen and oxygen atoms in total. The summed E-state index contributed by atoms with van der Waals surface area (Å²) in [7, 11) is 0. The molecule has 2 aromatic heterocycles. The van der Waals surface area contributed by atoms with Gasteiger partial charge in [0.25, 0.3) is 0 Å². The van der Waals surface area contributed by atoms with Gasteiger partial charge < -0.3 is 20.2 Å². The Morgan fingerprint density at radius 3 is 2.93 bits per heavy atom. The quantitative estimate of drug-likeness (QED) is 0.658. The van der Waals surface area contributed by atoms with E-state index in [9.17, 15) is 4.79 Å². The standard InChI is InChI=1S/C8H7N3O3/c9-4-3-5(8(12)13)11-6(4)7-10-1-2-14-7/h1-3,11H,9H2,(H,12,13). The third-order valence-corrected chi connectivity index (χ3v) is 1.72. The molecular formula is C8H7N3O3. The summed E-state index contributed by atoms with van der Waals surface area (Å²) >= 11 is 0. The van der Waals surface area contributed by atoms with Gasteiger partial charge in [0.2, 0.25) is 5.89 Å². The van der Waals surface area contributed by atoms with Gasteiger partial charge in [0.05, 0.1) is 11.9 Å². The molecule has 72 valence electrons. The van der Waals surface area contributed by atoms with Gasteiger partial charge in [-0.2, -0.15) is 0 Å². The van der Waals surface area contributed by atoms with Crippen LogP contribution in [0.2, 0.25) is 0 Å². The molecule has 0 amide bonds. The molecule has 0 atom stereocenters. The van der Waals surface area contributed by atoms with Gasteiger partial charge >= 0.3 is 5.97 Å². The Morgan fingerprint density at radius 1 is 1.64 bits per heavy atom. The number of anilines is 1. The highest BCUT2D eigenvalue weighted by Crippen LogP contribution is 2.24. The number of H-pyrrole nitrogens is 1. The van der Waals surface area contributed by atoms with Crippen molar-refractivity contribution >= 4 is 11.7 Å². The molecule has 0 fully saturated rings. The topological polar surface area (TPSA) is 105 Å². The highest BCUT2D eigenvalue weighted by molar-refractivity contribution is 5.89. The van der Waals surface area contributed by atoms with Crippen LogP contribution in [0.1, 0.15) is 10.5 Å². The van der Waals surface area contributed by atoms with Gasteiger partial charge in [-0.15, -0.1) is 0 Å². The first-order chi connectivity index (χ1) is 6.68. The van der Waals surface area contributed by atoms with Crippen LogP contribution in [0.25, 0.3) is 11.6 Å². The number of nitrogen functional groups attached to an aromatic ring is 1. The summed E-state index contributed by atoms with van der Waals surface area (Å²) in [5.74, 6) is -0.801. The van der Waals surface area contributed by atoms with Crippen molar-refractivity contribution in [3.8, 4) is 11.6 Å². The molecule has 0 aliphatic rings. The summed E-state index contributed by atoms with van der Waals surface area (Å²) in [4.78, 5) is 17.0. The number of nitrogens with two attached hydrogens (primary N) is 1. The lowest BCUT2D eigenvalue weighted by Gasteiger charge is -1.91. The molecule has 0 aromatic carbocycles. The van der Waals surface area contributed by atoms with E-state index in [0.29, 0.717) is 11.4 Å². The van der Waals surface area contributed by atoms with E-state index in [-0.39, 0.29) is 11.6 Å². The van der Waals surface area contributed by atoms with Gasteiger partial charge in [-0.05, 0) is 6.07 Å². The summed E-state index contributed by atoms with van der Waals surface area (Å²) < 4.78 is 4.98. The number of nitrogens with one attached hydrogen (secondary N) is 1. The first-order valence-electron chi connectivity index (χ1n) is 3.80. The second kappa shape index (κ2) is 2.91. The molecule has 0 aliphatic heterocycles. The molecule has 2 rings (SSSR count). The minimum absolute atomic E-state index is 0.00991. The van der Waals surface area contributed by atoms with Gasteiger partial charge in [-0.3, -0.25) is 0 Å². The summed E-state index contributed by atoms with van der Waals surface area (Å²) in [5.41, 5.74) is 6.26. The average molecular weight is 193 g/mol. The zero-order valence-corrected chi connectivity index (χ0v) is 7.02. The van der Waals surface area contributed by atoms with Crippen molar-refractivity contribution in [3.05, 3.63) is 24.2 Å². The van der Waals surface area contributed by atoms with Crippen LogP contribution < -0.4 is 5.73 Å². The van der Waals surface area contributed by atoms with Crippen LogP contribution in [-0.2, 0) is 0 Å². The second-order valence-electron chi connectivity index (χ2n) is 2.66. The molecule has 2 aromatic rings. The third-order valence-electron chi connectivity index (χ3n) is 1.72. The zero-order chi connectivity index (χ0) is 10.1. The number of oxazole rings is 1. The molecule has 4 N–H and O–H groups in total. The highest BCUT2D eigenvalue weighted by Gasteiger charge is 2.14. The van der Waals surface area contributed by atoms with Crippen LogP contribution in [0, 0.1) is 0 Å². The Bertz CT molecular complexity index is 458. The van der Waals surface area contributed by atoms with Gasteiger partial charge in [-0.1, -0.05) is 0 Å². The van der Waals surface area contributed by atoms with Crippen LogP contribution in [0.5, 0.6) is 0 Å². The molecule has 14 heavy (non-hydrogen) atoms. The van der Waals surface area contributed by atoms with Gasteiger partial charge in [0.15, 0.2) is 0 Å². The van der Waals surface area contributed by atoms with Crippen molar-refractivity contribution in [1.29, 1.82) is 0 Å². The number of nitrogens with zero attached hydrogens (tertiary/aromatic N) is 1. The van der Waals surface area contributed by atoms with Crippen molar-refractivity contribution in [2.45, 2.75) is 0 Å². The first-order valence-corrected chi connectivity index (χ1v) is 3.80. The van der Waals surface area contributed by atoms with E-state index in [1.807, 2.05) is 0 Å². The Kier molecular flexibility index (Phi) is 1.74. The predicted molar refractivity (Wildman–Crippen MR) is 47.7 cm³/mol. The number of carboxylic acid groups (broad SMARTS) is 1. The number of hydrogen-bond donors (Lipinski definition) is 3. The zero-order valence-electron chi connectivity index (χ0n) is 7.02.